The normalized spacial score (nSPS) is 16.2. The molecule has 1 fully saturated rings. The fourth-order valence-corrected chi connectivity index (χ4v) is 3.30. The van der Waals surface area contributed by atoms with Crippen LogP contribution in [-0.2, 0) is 4.79 Å². The third-order valence-corrected chi connectivity index (χ3v) is 4.66. The van der Waals surface area contributed by atoms with Crippen LogP contribution in [0.25, 0.3) is 0 Å². The second-order valence-electron chi connectivity index (χ2n) is 5.14. The Morgan fingerprint density at radius 2 is 2.00 bits per heavy atom. The first-order valence-electron chi connectivity index (χ1n) is 6.99. The minimum Gasteiger partial charge on any atom is -0.384 e. The fourth-order valence-electron chi connectivity index (χ4n) is 2.53. The van der Waals surface area contributed by atoms with E-state index < -0.39 is 0 Å². The molecule has 104 valence electrons. The highest BCUT2D eigenvalue weighted by Crippen LogP contribution is 2.28. The molecule has 1 aromatic rings. The number of carbonyl (C=O) groups excluding carboxylic acids is 1. The van der Waals surface area contributed by atoms with Crippen molar-refractivity contribution >= 4 is 23.4 Å². The smallest absolute Gasteiger partial charge is 0.227 e. The second kappa shape index (κ2) is 7.43. The number of nitrogens with two attached hydrogens (primary N) is 1. The molecule has 1 aromatic carbocycles. The molecular formula is C15H22N2OS. The van der Waals surface area contributed by atoms with E-state index in [2.05, 4.69) is 11.4 Å². The summed E-state index contributed by atoms with van der Waals surface area (Å²) in [7, 11) is 0. The standard InChI is InChI=1S/C15H22N2OS/c16-15(18)11-19-14-9-5-4-8-13(14)17-10-12-6-2-1-3-7-12/h4-5,8-9,12,17H,1-3,6-7,10-11H2,(H2,16,18). The molecule has 0 spiro atoms. The van der Waals surface area contributed by atoms with E-state index in [1.54, 1.807) is 0 Å². The predicted octanol–water partition coefficient (Wildman–Crippen LogP) is 3.26. The van der Waals surface area contributed by atoms with Crippen LogP contribution < -0.4 is 11.1 Å². The molecule has 0 saturated heterocycles. The van der Waals surface area contributed by atoms with Crippen LogP contribution in [0.2, 0.25) is 0 Å². The molecule has 1 amide bonds. The highest BCUT2D eigenvalue weighted by atomic mass is 32.2. The van der Waals surface area contributed by atoms with Crippen molar-refractivity contribution in [3.63, 3.8) is 0 Å². The van der Waals surface area contributed by atoms with Crippen molar-refractivity contribution in [2.75, 3.05) is 17.6 Å². The number of anilines is 1. The van der Waals surface area contributed by atoms with Gasteiger partial charge < -0.3 is 11.1 Å². The van der Waals surface area contributed by atoms with E-state index >= 15 is 0 Å². The molecule has 0 atom stereocenters. The van der Waals surface area contributed by atoms with Gasteiger partial charge in [-0.05, 0) is 30.9 Å². The first-order valence-corrected chi connectivity index (χ1v) is 7.98. The molecule has 0 radical (unpaired) electrons. The monoisotopic (exact) mass is 278 g/mol. The molecule has 2 rings (SSSR count). The summed E-state index contributed by atoms with van der Waals surface area (Å²) in [5, 5.41) is 3.53. The van der Waals surface area contributed by atoms with E-state index in [4.69, 9.17) is 5.73 Å². The lowest BCUT2D eigenvalue weighted by atomic mass is 9.89. The molecule has 4 heteroatoms. The zero-order valence-corrected chi connectivity index (χ0v) is 12.0. The number of amides is 1. The first kappa shape index (κ1) is 14.3. The Labute approximate surface area is 119 Å². The van der Waals surface area contributed by atoms with Crippen molar-refractivity contribution in [2.45, 2.75) is 37.0 Å². The van der Waals surface area contributed by atoms with Crippen molar-refractivity contribution in [3.05, 3.63) is 24.3 Å². The van der Waals surface area contributed by atoms with Gasteiger partial charge in [0.25, 0.3) is 0 Å². The van der Waals surface area contributed by atoms with Gasteiger partial charge in [-0.3, -0.25) is 4.79 Å². The lowest BCUT2D eigenvalue weighted by Crippen LogP contribution is -2.17. The summed E-state index contributed by atoms with van der Waals surface area (Å²) in [4.78, 5) is 12.0. The molecular weight excluding hydrogens is 256 g/mol. The largest absolute Gasteiger partial charge is 0.384 e. The minimum atomic E-state index is -0.271. The third-order valence-electron chi connectivity index (χ3n) is 3.56. The van der Waals surface area contributed by atoms with Crippen LogP contribution in [-0.4, -0.2) is 18.2 Å². The number of benzene rings is 1. The SMILES string of the molecule is NC(=O)CSc1ccccc1NCC1CCCCC1. The average molecular weight is 278 g/mol. The molecule has 19 heavy (non-hydrogen) atoms. The molecule has 0 unspecified atom stereocenters. The summed E-state index contributed by atoms with van der Waals surface area (Å²) < 4.78 is 0. The van der Waals surface area contributed by atoms with Crippen LogP contribution in [0, 0.1) is 5.92 Å². The highest BCUT2D eigenvalue weighted by Gasteiger charge is 2.13. The van der Waals surface area contributed by atoms with Gasteiger partial charge in [0.2, 0.25) is 5.91 Å². The summed E-state index contributed by atoms with van der Waals surface area (Å²) in [6.45, 7) is 1.04. The molecule has 0 aromatic heterocycles. The Balaban J connectivity index is 1.89. The number of hydrogen-bond donors (Lipinski definition) is 2. The van der Waals surface area contributed by atoms with Crippen molar-refractivity contribution in [3.8, 4) is 0 Å². The van der Waals surface area contributed by atoms with Gasteiger partial charge in [0, 0.05) is 17.1 Å². The van der Waals surface area contributed by atoms with Crippen LogP contribution in [0.4, 0.5) is 5.69 Å². The van der Waals surface area contributed by atoms with Gasteiger partial charge in [-0.15, -0.1) is 11.8 Å². The molecule has 3 N–H and O–H groups in total. The van der Waals surface area contributed by atoms with Crippen molar-refractivity contribution in [2.24, 2.45) is 11.7 Å². The summed E-state index contributed by atoms with van der Waals surface area (Å²) in [6, 6.07) is 8.13. The lowest BCUT2D eigenvalue weighted by Gasteiger charge is -2.23. The Hall–Kier alpha value is -1.16. The lowest BCUT2D eigenvalue weighted by molar-refractivity contribution is -0.115. The number of hydrogen-bond acceptors (Lipinski definition) is 3. The van der Waals surface area contributed by atoms with Gasteiger partial charge in [-0.1, -0.05) is 31.4 Å². The molecule has 1 saturated carbocycles. The number of thioether (sulfide) groups is 1. The molecule has 0 bridgehead atoms. The maximum atomic E-state index is 10.9. The fraction of sp³-hybridized carbons (Fsp3) is 0.533. The Morgan fingerprint density at radius 1 is 1.26 bits per heavy atom. The number of carbonyl (C=O) groups is 1. The van der Waals surface area contributed by atoms with Gasteiger partial charge in [0.15, 0.2) is 0 Å². The van der Waals surface area contributed by atoms with Crippen LogP contribution in [0.1, 0.15) is 32.1 Å². The van der Waals surface area contributed by atoms with Gasteiger partial charge in [-0.2, -0.15) is 0 Å². The zero-order chi connectivity index (χ0) is 13.5. The van der Waals surface area contributed by atoms with Crippen LogP contribution in [0.5, 0.6) is 0 Å². The topological polar surface area (TPSA) is 55.1 Å². The van der Waals surface area contributed by atoms with Crippen LogP contribution in [0.3, 0.4) is 0 Å². The summed E-state index contributed by atoms with van der Waals surface area (Å²) >= 11 is 1.50. The second-order valence-corrected chi connectivity index (χ2v) is 6.15. The van der Waals surface area contributed by atoms with Crippen molar-refractivity contribution in [1.29, 1.82) is 0 Å². The van der Waals surface area contributed by atoms with E-state index in [1.165, 1.54) is 43.9 Å². The molecule has 3 nitrogen and oxygen atoms in total. The van der Waals surface area contributed by atoms with Crippen molar-refractivity contribution in [1.82, 2.24) is 0 Å². The minimum absolute atomic E-state index is 0.271. The predicted molar refractivity (Wildman–Crippen MR) is 81.4 cm³/mol. The summed E-state index contributed by atoms with van der Waals surface area (Å²) in [6.07, 6.45) is 6.80. The van der Waals surface area contributed by atoms with E-state index in [0.29, 0.717) is 5.75 Å². The van der Waals surface area contributed by atoms with Crippen LogP contribution >= 0.6 is 11.8 Å². The van der Waals surface area contributed by atoms with Gasteiger partial charge in [0.1, 0.15) is 0 Å². The number of rotatable bonds is 6. The van der Waals surface area contributed by atoms with E-state index in [1.807, 2.05) is 18.2 Å². The molecule has 0 heterocycles. The number of para-hydroxylation sites is 1. The van der Waals surface area contributed by atoms with Crippen LogP contribution in [0.15, 0.2) is 29.2 Å². The highest BCUT2D eigenvalue weighted by molar-refractivity contribution is 8.00. The molecule has 1 aliphatic carbocycles. The molecule has 1 aliphatic rings. The Kier molecular flexibility index (Phi) is 5.58. The Morgan fingerprint density at radius 3 is 2.74 bits per heavy atom. The number of nitrogens with one attached hydrogen (secondary N) is 1. The van der Waals surface area contributed by atoms with Gasteiger partial charge in [-0.25, -0.2) is 0 Å². The van der Waals surface area contributed by atoms with Gasteiger partial charge in [0.05, 0.1) is 5.75 Å². The van der Waals surface area contributed by atoms with Gasteiger partial charge >= 0.3 is 0 Å². The Bertz CT molecular complexity index is 416. The number of primary amides is 1. The maximum Gasteiger partial charge on any atom is 0.227 e. The zero-order valence-electron chi connectivity index (χ0n) is 11.2. The van der Waals surface area contributed by atoms with E-state index in [9.17, 15) is 4.79 Å². The van der Waals surface area contributed by atoms with E-state index in [0.717, 1.165) is 23.0 Å². The maximum absolute atomic E-state index is 10.9. The average Bonchev–Trinajstić information content (AvgIpc) is 2.45. The van der Waals surface area contributed by atoms with Crippen molar-refractivity contribution < 1.29 is 4.79 Å². The third kappa shape index (κ3) is 4.78. The summed E-state index contributed by atoms with van der Waals surface area (Å²) in [5.41, 5.74) is 6.33. The summed E-state index contributed by atoms with van der Waals surface area (Å²) in [5.74, 6) is 0.859. The molecule has 0 aliphatic heterocycles. The quantitative estimate of drug-likeness (QED) is 0.785. The van der Waals surface area contributed by atoms with E-state index in [-0.39, 0.29) is 5.91 Å². The first-order chi connectivity index (χ1) is 9.25.